The van der Waals surface area contributed by atoms with E-state index in [1.54, 1.807) is 0 Å². The molecule has 0 bridgehead atoms. The molecule has 2 heteroatoms. The maximum atomic E-state index is 8.67. The average molecular weight is 257 g/mol. The molecule has 1 N–H and O–H groups in total. The summed E-state index contributed by atoms with van der Waals surface area (Å²) in [6.07, 6.45) is 5.38. The number of rotatable bonds is 2. The van der Waals surface area contributed by atoms with Gasteiger partial charge < -0.3 is 5.11 Å². The second-order valence-electron chi connectivity index (χ2n) is 5.33. The lowest BCUT2D eigenvalue weighted by Crippen LogP contribution is -2.31. The summed E-state index contributed by atoms with van der Waals surface area (Å²) in [5.41, 5.74) is 2.32. The molecule has 1 heterocycles. The fourth-order valence-electron chi connectivity index (χ4n) is 2.64. The van der Waals surface area contributed by atoms with Crippen molar-refractivity contribution in [3.05, 3.63) is 35.4 Å². The first-order valence-corrected chi connectivity index (χ1v) is 7.22. The first kappa shape index (κ1) is 14.1. The molecular weight excluding hydrogens is 234 g/mol. The molecule has 1 aliphatic heterocycles. The van der Waals surface area contributed by atoms with Crippen LogP contribution in [0.15, 0.2) is 24.3 Å². The van der Waals surface area contributed by atoms with Crippen LogP contribution in [0.3, 0.4) is 0 Å². The van der Waals surface area contributed by atoms with Gasteiger partial charge in [-0.25, -0.2) is 0 Å². The van der Waals surface area contributed by atoms with E-state index >= 15 is 0 Å². The summed E-state index contributed by atoms with van der Waals surface area (Å²) < 4.78 is 0. The predicted octanol–water partition coefficient (Wildman–Crippen LogP) is 2.79. The smallest absolute Gasteiger partial charge is 0.104 e. The molecule has 0 spiro atoms. The minimum atomic E-state index is -0.0763. The molecule has 1 aromatic carbocycles. The normalized spacial score (nSPS) is 20.4. The van der Waals surface area contributed by atoms with E-state index in [4.69, 9.17) is 5.11 Å². The average Bonchev–Trinajstić information content (AvgIpc) is 2.63. The van der Waals surface area contributed by atoms with E-state index in [1.807, 2.05) is 12.1 Å². The van der Waals surface area contributed by atoms with Gasteiger partial charge in [0.15, 0.2) is 0 Å². The van der Waals surface area contributed by atoms with E-state index in [-0.39, 0.29) is 6.61 Å². The van der Waals surface area contributed by atoms with Crippen LogP contribution in [-0.4, -0.2) is 29.2 Å². The zero-order valence-electron chi connectivity index (χ0n) is 11.7. The van der Waals surface area contributed by atoms with E-state index in [9.17, 15) is 0 Å². The number of likely N-dealkylation sites (tertiary alicyclic amines) is 1. The van der Waals surface area contributed by atoms with Crippen LogP contribution in [0.25, 0.3) is 0 Å². The van der Waals surface area contributed by atoms with Gasteiger partial charge in [0.25, 0.3) is 0 Å². The van der Waals surface area contributed by atoms with Crippen molar-refractivity contribution >= 4 is 0 Å². The zero-order chi connectivity index (χ0) is 13.5. The SMILES string of the molecule is CC1CCCCCN1Cc1ccc(C#CCO)cc1. The van der Waals surface area contributed by atoms with E-state index in [1.165, 1.54) is 37.8 Å². The van der Waals surface area contributed by atoms with Crippen LogP contribution in [0.4, 0.5) is 0 Å². The lowest BCUT2D eigenvalue weighted by atomic mass is 10.1. The highest BCUT2D eigenvalue weighted by Gasteiger charge is 2.16. The summed E-state index contributed by atoms with van der Waals surface area (Å²) in [6, 6.07) is 9.08. The number of hydrogen-bond donors (Lipinski definition) is 1. The first-order chi connectivity index (χ1) is 9.29. The minimum absolute atomic E-state index is 0.0763. The Morgan fingerprint density at radius 3 is 2.74 bits per heavy atom. The highest BCUT2D eigenvalue weighted by molar-refractivity contribution is 5.36. The molecule has 19 heavy (non-hydrogen) atoms. The van der Waals surface area contributed by atoms with Gasteiger partial charge >= 0.3 is 0 Å². The number of nitrogens with zero attached hydrogens (tertiary/aromatic N) is 1. The molecule has 0 aromatic heterocycles. The Morgan fingerprint density at radius 1 is 1.21 bits per heavy atom. The van der Waals surface area contributed by atoms with E-state index < -0.39 is 0 Å². The van der Waals surface area contributed by atoms with Gasteiger partial charge in [-0.3, -0.25) is 4.90 Å². The van der Waals surface area contributed by atoms with Crippen LogP contribution in [0.2, 0.25) is 0 Å². The molecule has 1 atom stereocenters. The summed E-state index contributed by atoms with van der Waals surface area (Å²) in [5, 5.41) is 8.67. The quantitative estimate of drug-likeness (QED) is 0.824. The van der Waals surface area contributed by atoms with Crippen LogP contribution < -0.4 is 0 Å². The molecule has 0 amide bonds. The molecule has 0 aliphatic carbocycles. The first-order valence-electron chi connectivity index (χ1n) is 7.22. The van der Waals surface area contributed by atoms with Crippen molar-refractivity contribution < 1.29 is 5.11 Å². The Bertz CT molecular complexity index is 441. The largest absolute Gasteiger partial charge is 0.384 e. The van der Waals surface area contributed by atoms with Crippen molar-refractivity contribution in [3.63, 3.8) is 0 Å². The Morgan fingerprint density at radius 2 is 2.00 bits per heavy atom. The number of benzene rings is 1. The lowest BCUT2D eigenvalue weighted by Gasteiger charge is -2.26. The van der Waals surface area contributed by atoms with Crippen molar-refractivity contribution in [3.8, 4) is 11.8 Å². The number of aliphatic hydroxyl groups excluding tert-OH is 1. The third kappa shape index (κ3) is 4.38. The fraction of sp³-hybridized carbons (Fsp3) is 0.529. The van der Waals surface area contributed by atoms with Crippen molar-refractivity contribution in [1.29, 1.82) is 0 Å². The van der Waals surface area contributed by atoms with Crippen LogP contribution in [0.1, 0.15) is 43.7 Å². The summed E-state index contributed by atoms with van der Waals surface area (Å²) in [5.74, 6) is 5.61. The summed E-state index contributed by atoms with van der Waals surface area (Å²) >= 11 is 0. The van der Waals surface area contributed by atoms with Crippen molar-refractivity contribution in [2.24, 2.45) is 0 Å². The molecule has 2 nitrogen and oxygen atoms in total. The number of hydrogen-bond acceptors (Lipinski definition) is 2. The number of aliphatic hydroxyl groups is 1. The third-order valence-corrected chi connectivity index (χ3v) is 3.84. The van der Waals surface area contributed by atoms with Gasteiger partial charge in [0.05, 0.1) is 0 Å². The van der Waals surface area contributed by atoms with Gasteiger partial charge in [-0.05, 0) is 44.0 Å². The van der Waals surface area contributed by atoms with Gasteiger partial charge in [-0.15, -0.1) is 0 Å². The van der Waals surface area contributed by atoms with Crippen molar-refractivity contribution in [2.45, 2.75) is 45.2 Å². The topological polar surface area (TPSA) is 23.5 Å². The highest BCUT2D eigenvalue weighted by atomic mass is 16.2. The molecule has 1 aliphatic rings. The third-order valence-electron chi connectivity index (χ3n) is 3.84. The molecule has 1 unspecified atom stereocenters. The van der Waals surface area contributed by atoms with Gasteiger partial charge in [0, 0.05) is 18.2 Å². The van der Waals surface area contributed by atoms with E-state index in [0.29, 0.717) is 6.04 Å². The highest BCUT2D eigenvalue weighted by Crippen LogP contribution is 2.19. The Balaban J connectivity index is 1.98. The summed E-state index contributed by atoms with van der Waals surface area (Å²) in [4.78, 5) is 2.58. The molecule has 2 rings (SSSR count). The molecule has 0 radical (unpaired) electrons. The molecular formula is C17H23NO. The molecule has 1 aromatic rings. The van der Waals surface area contributed by atoms with Crippen LogP contribution >= 0.6 is 0 Å². The van der Waals surface area contributed by atoms with Gasteiger partial charge in [-0.2, -0.15) is 0 Å². The predicted molar refractivity (Wildman–Crippen MR) is 78.7 cm³/mol. The monoisotopic (exact) mass is 257 g/mol. The van der Waals surface area contributed by atoms with Crippen LogP contribution in [-0.2, 0) is 6.54 Å². The molecule has 1 saturated heterocycles. The minimum Gasteiger partial charge on any atom is -0.384 e. The Hall–Kier alpha value is -1.30. The van der Waals surface area contributed by atoms with E-state index in [2.05, 4.69) is 35.8 Å². The summed E-state index contributed by atoms with van der Waals surface area (Å²) in [6.45, 7) is 4.52. The van der Waals surface area contributed by atoms with Crippen molar-refractivity contribution in [2.75, 3.05) is 13.2 Å². The van der Waals surface area contributed by atoms with Gasteiger partial charge in [0.2, 0.25) is 0 Å². The zero-order valence-corrected chi connectivity index (χ0v) is 11.7. The van der Waals surface area contributed by atoms with Crippen LogP contribution in [0, 0.1) is 11.8 Å². The second-order valence-corrected chi connectivity index (χ2v) is 5.33. The van der Waals surface area contributed by atoms with Crippen molar-refractivity contribution in [1.82, 2.24) is 4.90 Å². The van der Waals surface area contributed by atoms with E-state index in [0.717, 1.165) is 12.1 Å². The molecule has 0 saturated carbocycles. The van der Waals surface area contributed by atoms with Gasteiger partial charge in [-0.1, -0.05) is 36.8 Å². The summed E-state index contributed by atoms with van der Waals surface area (Å²) in [7, 11) is 0. The fourth-order valence-corrected chi connectivity index (χ4v) is 2.64. The maximum Gasteiger partial charge on any atom is 0.104 e. The lowest BCUT2D eigenvalue weighted by molar-refractivity contribution is 0.205. The molecule has 1 fully saturated rings. The van der Waals surface area contributed by atoms with Gasteiger partial charge in [0.1, 0.15) is 6.61 Å². The Kier molecular flexibility index (Phi) is 5.44. The molecule has 102 valence electrons. The second kappa shape index (κ2) is 7.33. The maximum absolute atomic E-state index is 8.67. The Labute approximate surface area is 116 Å². The van der Waals surface area contributed by atoms with Crippen LogP contribution in [0.5, 0.6) is 0 Å². The standard InChI is InChI=1S/C17H23NO/c1-15-6-3-2-4-12-18(15)14-17-10-8-16(9-11-17)7-5-13-19/h8-11,15,19H,2-4,6,12-14H2,1H3.